The van der Waals surface area contributed by atoms with Crippen LogP contribution >= 0.6 is 23.8 Å². The Bertz CT molecular complexity index is 1630. The van der Waals surface area contributed by atoms with Gasteiger partial charge in [-0.1, -0.05) is 29.9 Å². The molecule has 14 heteroatoms. The molecule has 9 nitrogen and oxygen atoms in total. The number of alkyl halides is 2. The van der Waals surface area contributed by atoms with Crippen molar-refractivity contribution < 1.29 is 18.0 Å². The summed E-state index contributed by atoms with van der Waals surface area (Å²) in [5.74, 6) is -0.0676. The van der Waals surface area contributed by atoms with Gasteiger partial charge >= 0.3 is 0 Å². The molecule has 1 saturated carbocycles. The van der Waals surface area contributed by atoms with Crippen LogP contribution in [0, 0.1) is 17.7 Å². The van der Waals surface area contributed by atoms with E-state index in [1.807, 2.05) is 11.8 Å². The lowest BCUT2D eigenvalue weighted by Gasteiger charge is -2.19. The van der Waals surface area contributed by atoms with Gasteiger partial charge < -0.3 is 10.2 Å². The molecule has 1 N–H and O–H groups in total. The van der Waals surface area contributed by atoms with Crippen LogP contribution in [0.5, 0.6) is 0 Å². The molecule has 6 rings (SSSR count). The quantitative estimate of drug-likeness (QED) is 0.284. The summed E-state index contributed by atoms with van der Waals surface area (Å²) in [6.45, 7) is 2.76. The number of halogens is 4. The van der Waals surface area contributed by atoms with Crippen LogP contribution in [0.4, 0.5) is 24.8 Å². The maximum absolute atomic E-state index is 14.7. The van der Waals surface area contributed by atoms with Crippen LogP contribution in [0.15, 0.2) is 49.3 Å². The first kappa shape index (κ1) is 26.3. The van der Waals surface area contributed by atoms with Crippen LogP contribution in [0.2, 0.25) is 5.02 Å². The van der Waals surface area contributed by atoms with E-state index in [4.69, 9.17) is 23.8 Å². The van der Waals surface area contributed by atoms with Gasteiger partial charge in [0.25, 0.3) is 12.3 Å². The van der Waals surface area contributed by atoms with Crippen molar-refractivity contribution in [2.45, 2.75) is 25.8 Å². The van der Waals surface area contributed by atoms with Crippen LogP contribution in [0.1, 0.15) is 47.4 Å². The van der Waals surface area contributed by atoms with Gasteiger partial charge in [-0.3, -0.25) is 14.5 Å². The van der Waals surface area contributed by atoms with Gasteiger partial charge in [-0.15, -0.1) is 0 Å². The summed E-state index contributed by atoms with van der Waals surface area (Å²) in [6.07, 6.45) is 6.91. The predicted octanol–water partition coefficient (Wildman–Crippen LogP) is 5.51. The third-order valence-electron chi connectivity index (χ3n) is 7.05. The molecule has 4 heterocycles. The van der Waals surface area contributed by atoms with Crippen LogP contribution < -0.4 is 10.2 Å². The molecule has 2 aliphatic rings. The second kappa shape index (κ2) is 10.2. The maximum atomic E-state index is 14.7. The minimum Gasteiger partial charge on any atom is -0.318 e. The number of thiocarbonyl (C=S) groups is 1. The normalized spacial score (nSPS) is 18.6. The van der Waals surface area contributed by atoms with E-state index in [1.54, 1.807) is 23.3 Å². The molecule has 1 saturated heterocycles. The predicted molar refractivity (Wildman–Crippen MR) is 145 cm³/mol. The van der Waals surface area contributed by atoms with E-state index in [0.29, 0.717) is 23.5 Å². The molecule has 4 aromatic rings. The lowest BCUT2D eigenvalue weighted by molar-refractivity contribution is 0.102. The number of nitrogens with zero attached hydrogens (tertiary/aromatic N) is 7. The fraction of sp³-hybridized carbons (Fsp3) is 0.269. The first-order valence-electron chi connectivity index (χ1n) is 12.3. The molecule has 1 amide bonds. The Hall–Kier alpha value is -3.97. The van der Waals surface area contributed by atoms with Crippen molar-refractivity contribution in [1.82, 2.24) is 29.7 Å². The number of amides is 1. The highest BCUT2D eigenvalue weighted by molar-refractivity contribution is 7.80. The van der Waals surface area contributed by atoms with Crippen LogP contribution in [0.3, 0.4) is 0 Å². The molecule has 1 aromatic carbocycles. The molecule has 3 atom stereocenters. The van der Waals surface area contributed by atoms with Gasteiger partial charge in [0, 0.05) is 47.7 Å². The monoisotopic (exact) mass is 584 g/mol. The molecule has 2 fully saturated rings. The molecule has 40 heavy (non-hydrogen) atoms. The Balaban J connectivity index is 1.16. The number of aromatic nitrogens is 6. The summed E-state index contributed by atoms with van der Waals surface area (Å²) in [5.41, 5.74) is -0.423. The van der Waals surface area contributed by atoms with Gasteiger partial charge in [0.2, 0.25) is 5.95 Å². The average Bonchev–Trinajstić information content (AvgIpc) is 3.45. The molecule has 1 unspecified atom stereocenters. The number of anilines is 2. The summed E-state index contributed by atoms with van der Waals surface area (Å²) < 4.78 is 43.3. The summed E-state index contributed by atoms with van der Waals surface area (Å²) in [7, 11) is 0. The van der Waals surface area contributed by atoms with Crippen molar-refractivity contribution in [2.75, 3.05) is 16.8 Å². The maximum Gasteiger partial charge on any atom is 0.275 e. The van der Waals surface area contributed by atoms with Crippen molar-refractivity contribution >= 4 is 46.4 Å². The van der Waals surface area contributed by atoms with Crippen LogP contribution in [-0.4, -0.2) is 47.2 Å². The fourth-order valence-electron chi connectivity index (χ4n) is 4.71. The minimum atomic E-state index is -2.99. The number of nitrogens with one attached hydrogen (secondary N) is 1. The Morgan fingerprint density at radius 2 is 1.95 bits per heavy atom. The lowest BCUT2D eigenvalue weighted by Crippen LogP contribution is -2.28. The first-order valence-corrected chi connectivity index (χ1v) is 13.1. The molecule has 0 spiro atoms. The number of piperidine rings is 1. The standard InChI is InChI=1S/C26H20ClF3N8OS/c1-12(14-5-32-26(33-6-14)37-10-13-4-17(13)25(37)40)38-11-15(7-34-38)35-24(39)20-9-31-8-19(36-20)21-16(23(29)30)2-3-18(27)22(21)28/h2-3,5-9,11-13,17,23H,4,10H2,1H3,(H,35,39)/t12?,13-,17-/m1/s1. The highest BCUT2D eigenvalue weighted by Gasteiger charge is 2.50. The third kappa shape index (κ3) is 4.79. The summed E-state index contributed by atoms with van der Waals surface area (Å²) >= 11 is 11.3. The number of hydrogen-bond donors (Lipinski definition) is 1. The molecule has 0 radical (unpaired) electrons. The molecule has 0 bridgehead atoms. The number of hydrogen-bond acceptors (Lipinski definition) is 7. The topological polar surface area (TPSA) is 102 Å². The zero-order valence-electron chi connectivity index (χ0n) is 20.8. The Labute approximate surface area is 236 Å². The van der Waals surface area contributed by atoms with Crippen molar-refractivity contribution in [2.24, 2.45) is 11.8 Å². The van der Waals surface area contributed by atoms with Gasteiger partial charge in [0.1, 0.15) is 5.69 Å². The lowest BCUT2D eigenvalue weighted by atomic mass is 10.0. The van der Waals surface area contributed by atoms with Gasteiger partial charge in [-0.05, 0) is 25.3 Å². The number of carbonyl (C=O) groups excluding carboxylic acids is 1. The molecular weight excluding hydrogens is 565 g/mol. The van der Waals surface area contributed by atoms with E-state index in [1.165, 1.54) is 6.20 Å². The molecule has 204 valence electrons. The molecule has 3 aromatic heterocycles. The van der Waals surface area contributed by atoms with Crippen LogP contribution in [0.25, 0.3) is 11.3 Å². The van der Waals surface area contributed by atoms with Crippen molar-refractivity contribution in [3.05, 3.63) is 77.0 Å². The third-order valence-corrected chi connectivity index (χ3v) is 7.86. The van der Waals surface area contributed by atoms with Gasteiger partial charge in [0.15, 0.2) is 5.82 Å². The first-order chi connectivity index (χ1) is 19.2. The van der Waals surface area contributed by atoms with E-state index in [-0.39, 0.29) is 22.5 Å². The van der Waals surface area contributed by atoms with E-state index >= 15 is 0 Å². The largest absolute Gasteiger partial charge is 0.318 e. The smallest absolute Gasteiger partial charge is 0.275 e. The highest BCUT2D eigenvalue weighted by Crippen LogP contribution is 2.47. The molecular formula is C26H20ClF3N8OS. The Morgan fingerprint density at radius 3 is 2.65 bits per heavy atom. The number of fused-ring (bicyclic) bond motifs is 1. The molecule has 1 aliphatic heterocycles. The Kier molecular flexibility index (Phi) is 6.70. The summed E-state index contributed by atoms with van der Waals surface area (Å²) in [5, 5.41) is 6.60. The van der Waals surface area contributed by atoms with E-state index < -0.39 is 29.3 Å². The fourth-order valence-corrected chi connectivity index (χ4v) is 5.31. The van der Waals surface area contributed by atoms with Gasteiger partial charge in [-0.25, -0.2) is 28.1 Å². The number of carbonyl (C=O) groups is 1. The zero-order valence-corrected chi connectivity index (χ0v) is 22.4. The van der Waals surface area contributed by atoms with Gasteiger partial charge in [0.05, 0.1) is 46.0 Å². The van der Waals surface area contributed by atoms with Crippen molar-refractivity contribution in [3.63, 3.8) is 0 Å². The zero-order chi connectivity index (χ0) is 28.1. The number of rotatable bonds is 7. The van der Waals surface area contributed by atoms with Crippen molar-refractivity contribution in [3.8, 4) is 11.3 Å². The van der Waals surface area contributed by atoms with Crippen molar-refractivity contribution in [1.29, 1.82) is 0 Å². The van der Waals surface area contributed by atoms with E-state index in [9.17, 15) is 18.0 Å². The summed E-state index contributed by atoms with van der Waals surface area (Å²) in [6, 6.07) is 1.80. The molecule has 1 aliphatic carbocycles. The van der Waals surface area contributed by atoms with E-state index in [2.05, 4.69) is 30.4 Å². The second-order valence-electron chi connectivity index (χ2n) is 9.62. The van der Waals surface area contributed by atoms with Gasteiger partial charge in [-0.2, -0.15) is 5.10 Å². The highest BCUT2D eigenvalue weighted by atomic mass is 35.5. The second-order valence-corrected chi connectivity index (χ2v) is 10.4. The minimum absolute atomic E-state index is 0.209. The summed E-state index contributed by atoms with van der Waals surface area (Å²) in [4.78, 5) is 32.7. The van der Waals surface area contributed by atoms with E-state index in [0.717, 1.165) is 48.0 Å². The Morgan fingerprint density at radius 1 is 1.18 bits per heavy atom. The SMILES string of the molecule is CC(c1cnc(N2C[C@H]3C[C@H]3C2=S)nc1)n1cc(NC(=O)c2cncc(-c3c(C(F)F)ccc(Cl)c3F)n2)cn1. The van der Waals surface area contributed by atoms with Crippen LogP contribution in [-0.2, 0) is 0 Å². The number of benzene rings is 1. The average molecular weight is 585 g/mol.